The molecule has 13 heteroatoms. The number of alkyl halides is 6. The van der Waals surface area contributed by atoms with Gasteiger partial charge in [-0.1, -0.05) is 18.2 Å². The van der Waals surface area contributed by atoms with Gasteiger partial charge in [-0.25, -0.2) is 14.4 Å². The van der Waals surface area contributed by atoms with E-state index in [2.05, 4.69) is 4.74 Å². The number of carboxylic acids is 2. The second-order valence-electron chi connectivity index (χ2n) is 3.57. The van der Waals surface area contributed by atoms with Crippen molar-refractivity contribution in [3.05, 3.63) is 35.9 Å². The maximum atomic E-state index is 10.9. The number of hydrogen-bond donors (Lipinski definition) is 3. The topological polar surface area (TPSA) is 127 Å². The second kappa shape index (κ2) is 10.9. The lowest BCUT2D eigenvalue weighted by atomic mass is 10.2. The Hall–Kier alpha value is -2.83. The molecule has 25 heavy (non-hydrogen) atoms. The summed E-state index contributed by atoms with van der Waals surface area (Å²) in [5.74, 6) is -5.90. The quantitative estimate of drug-likeness (QED) is 0.408. The third-order valence-electron chi connectivity index (χ3n) is 1.71. The highest BCUT2D eigenvalue weighted by atomic mass is 19.4. The van der Waals surface area contributed by atoms with Gasteiger partial charge in [-0.2, -0.15) is 26.3 Å². The molecule has 0 unspecified atom stereocenters. The van der Waals surface area contributed by atoms with E-state index in [0.29, 0.717) is 5.56 Å². The molecule has 1 aromatic rings. The number of carbonyl (C=O) groups is 3. The van der Waals surface area contributed by atoms with Crippen molar-refractivity contribution in [1.29, 1.82) is 0 Å². The van der Waals surface area contributed by atoms with Crippen molar-refractivity contribution in [3.63, 3.8) is 0 Å². The highest BCUT2D eigenvalue weighted by Gasteiger charge is 2.38. The van der Waals surface area contributed by atoms with E-state index < -0.39 is 24.3 Å². The molecule has 0 radical (unpaired) electrons. The zero-order valence-corrected chi connectivity index (χ0v) is 12.0. The maximum Gasteiger partial charge on any atom is 0.490 e. The van der Waals surface area contributed by atoms with Gasteiger partial charge in [0.1, 0.15) is 6.73 Å². The van der Waals surface area contributed by atoms with Gasteiger partial charge in [0.25, 0.3) is 0 Å². The number of hydrogen-bond acceptors (Lipinski definition) is 5. The second-order valence-corrected chi connectivity index (χ2v) is 3.57. The van der Waals surface area contributed by atoms with Gasteiger partial charge in [-0.05, 0) is 12.1 Å². The van der Waals surface area contributed by atoms with Gasteiger partial charge in [0, 0.05) is 0 Å². The molecule has 0 aliphatic carbocycles. The Morgan fingerprint density at radius 2 is 1.20 bits per heavy atom. The molecule has 0 amide bonds. The van der Waals surface area contributed by atoms with Crippen LogP contribution in [0, 0.1) is 0 Å². The van der Waals surface area contributed by atoms with E-state index in [1.54, 1.807) is 24.3 Å². The molecule has 7 nitrogen and oxygen atoms in total. The van der Waals surface area contributed by atoms with Crippen LogP contribution >= 0.6 is 0 Å². The highest BCUT2D eigenvalue weighted by Crippen LogP contribution is 2.13. The van der Waals surface area contributed by atoms with Crippen LogP contribution in [0.4, 0.5) is 26.3 Å². The third-order valence-corrected chi connectivity index (χ3v) is 1.71. The number of carbonyl (C=O) groups excluding carboxylic acids is 1. The molecule has 0 aliphatic rings. The van der Waals surface area contributed by atoms with Gasteiger partial charge in [-0.3, -0.25) is 5.73 Å². The van der Waals surface area contributed by atoms with E-state index in [0.717, 1.165) is 0 Å². The van der Waals surface area contributed by atoms with Crippen LogP contribution in [-0.2, 0) is 14.3 Å². The summed E-state index contributed by atoms with van der Waals surface area (Å²) in [6, 6.07) is 8.73. The Kier molecular flexibility index (Phi) is 10.6. The number of carboxylic acid groups (broad SMARTS) is 2. The maximum absolute atomic E-state index is 10.9. The predicted octanol–water partition coefficient (Wildman–Crippen LogP) is 2.03. The monoisotopic (exact) mass is 379 g/mol. The highest BCUT2D eigenvalue weighted by molar-refractivity contribution is 5.89. The van der Waals surface area contributed by atoms with Crippen LogP contribution in [0.2, 0.25) is 0 Å². The molecular formula is C12H11F6NO6. The van der Waals surface area contributed by atoms with Gasteiger partial charge in [-0.15, -0.1) is 0 Å². The Balaban J connectivity index is 0. The normalized spacial score (nSPS) is 10.4. The molecule has 0 fully saturated rings. The molecule has 0 atom stereocenters. The van der Waals surface area contributed by atoms with Crippen molar-refractivity contribution in [2.45, 2.75) is 12.4 Å². The smallest absolute Gasteiger partial charge is 0.475 e. The molecular weight excluding hydrogens is 368 g/mol. The minimum absolute atomic E-state index is 0.0757. The summed E-state index contributed by atoms with van der Waals surface area (Å²) in [5.41, 5.74) is 5.55. The number of ether oxygens (including phenoxy) is 1. The van der Waals surface area contributed by atoms with E-state index in [4.69, 9.17) is 25.5 Å². The molecule has 0 spiro atoms. The van der Waals surface area contributed by atoms with E-state index in [1.165, 1.54) is 0 Å². The summed E-state index contributed by atoms with van der Waals surface area (Å²) in [7, 11) is 0. The minimum atomic E-state index is -5.08. The fraction of sp³-hybridized carbons (Fsp3) is 0.250. The van der Waals surface area contributed by atoms with Crippen LogP contribution < -0.4 is 5.73 Å². The van der Waals surface area contributed by atoms with Crippen LogP contribution in [0.5, 0.6) is 0 Å². The van der Waals surface area contributed by atoms with Crippen molar-refractivity contribution in [2.75, 3.05) is 6.73 Å². The fourth-order valence-electron chi connectivity index (χ4n) is 0.733. The average molecular weight is 379 g/mol. The van der Waals surface area contributed by atoms with Crippen LogP contribution in [0.25, 0.3) is 0 Å². The number of rotatable bonds is 2. The predicted molar refractivity (Wildman–Crippen MR) is 68.3 cm³/mol. The zero-order valence-electron chi connectivity index (χ0n) is 12.0. The lowest BCUT2D eigenvalue weighted by Gasteiger charge is -1.99. The molecule has 0 heterocycles. The average Bonchev–Trinajstić information content (AvgIpc) is 2.47. The van der Waals surface area contributed by atoms with Crippen molar-refractivity contribution >= 4 is 17.9 Å². The number of esters is 1. The molecule has 0 saturated carbocycles. The van der Waals surface area contributed by atoms with Gasteiger partial charge >= 0.3 is 30.3 Å². The largest absolute Gasteiger partial charge is 0.490 e. The summed E-state index contributed by atoms with van der Waals surface area (Å²) in [6.45, 7) is -0.0757. The molecule has 0 aliphatic heterocycles. The van der Waals surface area contributed by atoms with E-state index >= 15 is 0 Å². The third kappa shape index (κ3) is 13.3. The molecule has 0 aromatic heterocycles. The molecule has 0 bridgehead atoms. The van der Waals surface area contributed by atoms with Gasteiger partial charge in [0.05, 0.1) is 5.56 Å². The molecule has 1 rings (SSSR count). The summed E-state index contributed by atoms with van der Waals surface area (Å²) in [4.78, 5) is 28.7. The van der Waals surface area contributed by atoms with Crippen molar-refractivity contribution in [2.24, 2.45) is 5.73 Å². The standard InChI is InChI=1S/C8H9NO2.2C2HF3O2/c9-6-11-8(10)7-4-2-1-3-5-7;2*3-2(4,5)1(6)7/h1-5H,6,9H2;2*(H,6,7). The fourth-order valence-corrected chi connectivity index (χ4v) is 0.733. The number of aliphatic carboxylic acids is 2. The summed E-state index contributed by atoms with van der Waals surface area (Å²) in [5, 5.41) is 14.2. The van der Waals surface area contributed by atoms with Crippen LogP contribution in [-0.4, -0.2) is 47.2 Å². The number of benzene rings is 1. The lowest BCUT2D eigenvalue weighted by molar-refractivity contribution is -0.193. The first-order valence-electron chi connectivity index (χ1n) is 5.76. The lowest BCUT2D eigenvalue weighted by Crippen LogP contribution is -2.21. The molecule has 142 valence electrons. The van der Waals surface area contributed by atoms with Crippen LogP contribution in [0.15, 0.2) is 30.3 Å². The van der Waals surface area contributed by atoms with E-state index in [1.807, 2.05) is 6.07 Å². The summed E-state index contributed by atoms with van der Waals surface area (Å²) in [6.07, 6.45) is -10.2. The Labute approximate surface area is 135 Å². The van der Waals surface area contributed by atoms with E-state index in [9.17, 15) is 31.1 Å². The van der Waals surface area contributed by atoms with E-state index in [-0.39, 0.29) is 12.7 Å². The van der Waals surface area contributed by atoms with Gasteiger partial charge in [0.2, 0.25) is 0 Å². The Morgan fingerprint density at radius 1 is 0.880 bits per heavy atom. The van der Waals surface area contributed by atoms with Crippen molar-refractivity contribution in [3.8, 4) is 0 Å². The first-order valence-corrected chi connectivity index (χ1v) is 5.76. The summed E-state index contributed by atoms with van der Waals surface area (Å²) < 4.78 is 68.0. The summed E-state index contributed by atoms with van der Waals surface area (Å²) >= 11 is 0. The minimum Gasteiger partial charge on any atom is -0.475 e. The van der Waals surface area contributed by atoms with Gasteiger partial charge in [0.15, 0.2) is 0 Å². The molecule has 4 N–H and O–H groups in total. The molecule has 1 aromatic carbocycles. The zero-order chi connectivity index (χ0) is 20.3. The SMILES string of the molecule is NCOC(=O)c1ccccc1.O=C(O)C(F)(F)F.O=C(O)C(F)(F)F. The number of halogens is 6. The Bertz CT molecular complexity index is 533. The number of nitrogens with two attached hydrogens (primary N) is 1. The van der Waals surface area contributed by atoms with Crippen LogP contribution in [0.3, 0.4) is 0 Å². The van der Waals surface area contributed by atoms with Gasteiger partial charge < -0.3 is 14.9 Å². The van der Waals surface area contributed by atoms with Crippen molar-refractivity contribution in [1.82, 2.24) is 0 Å². The first-order chi connectivity index (χ1) is 11.2. The molecule has 0 saturated heterocycles. The van der Waals surface area contributed by atoms with Crippen molar-refractivity contribution < 1.29 is 55.7 Å². The first kappa shape index (κ1) is 24.4. The Morgan fingerprint density at radius 3 is 1.44 bits per heavy atom. The van der Waals surface area contributed by atoms with Crippen LogP contribution in [0.1, 0.15) is 10.4 Å².